The monoisotopic (exact) mass is 472 g/mol. The van der Waals surface area contributed by atoms with Crippen molar-refractivity contribution in [1.82, 2.24) is 14.9 Å². The van der Waals surface area contributed by atoms with Crippen LogP contribution in [0.3, 0.4) is 0 Å². The molecule has 0 aliphatic heterocycles. The van der Waals surface area contributed by atoms with Crippen LogP contribution in [0, 0.1) is 11.6 Å². The van der Waals surface area contributed by atoms with Crippen molar-refractivity contribution in [1.29, 1.82) is 0 Å². The van der Waals surface area contributed by atoms with Crippen LogP contribution in [-0.2, 0) is 0 Å². The molecule has 3 rings (SSSR count). The number of carbonyl (C=O) groups is 1. The highest BCUT2D eigenvalue weighted by Crippen LogP contribution is 2.24. The average Bonchev–Trinajstić information content (AvgIpc) is 2.75. The van der Waals surface area contributed by atoms with E-state index in [4.69, 9.17) is 0 Å². The van der Waals surface area contributed by atoms with Crippen molar-refractivity contribution in [3.8, 4) is 5.69 Å². The fraction of sp³-hybridized carbons (Fsp3) is 0.286. The molecule has 0 aliphatic rings. The van der Waals surface area contributed by atoms with Gasteiger partial charge >= 0.3 is 6.18 Å². The highest BCUT2D eigenvalue weighted by atomic mass is 19.4. The highest BCUT2D eigenvalue weighted by Gasteiger charge is 2.39. The van der Waals surface area contributed by atoms with Crippen LogP contribution in [0.15, 0.2) is 41.3 Å². The molecule has 1 amide bonds. The van der Waals surface area contributed by atoms with E-state index in [1.54, 1.807) is 5.32 Å². The molecule has 0 saturated heterocycles. The SMILES string of the molecule is CC[C@H](NC(=O)c1cn(-c2ccc(F)cc2F)c2nc(NCCF)ccc2c1=O)C(F)(F)F. The standard InChI is InChI=1S/C21H18F6N4O2/c1-2-16(21(25,26)27)29-20(33)13-10-31(15-5-3-11(23)9-14(15)24)19-12(18(13)32)4-6-17(30-19)28-8-7-22/h3-6,9-10,16H,2,7-8H2,1H3,(H,28,30)(H,29,33)/t16-/m0/s1. The predicted octanol–water partition coefficient (Wildman–Crippen LogP) is 4.12. The summed E-state index contributed by atoms with van der Waals surface area (Å²) in [6, 6.07) is 2.81. The lowest BCUT2D eigenvalue weighted by Crippen LogP contribution is -2.46. The van der Waals surface area contributed by atoms with Gasteiger partial charge in [0.1, 0.15) is 35.7 Å². The lowest BCUT2D eigenvalue weighted by Gasteiger charge is -2.20. The number of hydrogen-bond acceptors (Lipinski definition) is 4. The maximum Gasteiger partial charge on any atom is 0.408 e. The largest absolute Gasteiger partial charge is 0.408 e. The van der Waals surface area contributed by atoms with Gasteiger partial charge in [-0.05, 0) is 30.7 Å². The van der Waals surface area contributed by atoms with E-state index in [2.05, 4.69) is 10.3 Å². The van der Waals surface area contributed by atoms with Crippen LogP contribution < -0.4 is 16.1 Å². The van der Waals surface area contributed by atoms with Gasteiger partial charge in [-0.1, -0.05) is 6.92 Å². The Morgan fingerprint density at radius 1 is 1.18 bits per heavy atom. The van der Waals surface area contributed by atoms with E-state index in [0.29, 0.717) is 6.07 Å². The summed E-state index contributed by atoms with van der Waals surface area (Å²) in [5.74, 6) is -3.16. The number of nitrogens with one attached hydrogen (secondary N) is 2. The number of hydrogen-bond donors (Lipinski definition) is 2. The summed E-state index contributed by atoms with van der Waals surface area (Å²) in [5, 5.41) is 4.19. The van der Waals surface area contributed by atoms with Gasteiger partial charge in [-0.2, -0.15) is 13.2 Å². The summed E-state index contributed by atoms with van der Waals surface area (Å²) >= 11 is 0. The van der Waals surface area contributed by atoms with Crippen LogP contribution >= 0.6 is 0 Å². The Balaban J connectivity index is 2.23. The molecule has 0 saturated carbocycles. The van der Waals surface area contributed by atoms with E-state index >= 15 is 0 Å². The van der Waals surface area contributed by atoms with Crippen LogP contribution in [0.5, 0.6) is 0 Å². The summed E-state index contributed by atoms with van der Waals surface area (Å²) in [4.78, 5) is 29.7. The zero-order chi connectivity index (χ0) is 24.3. The number of anilines is 1. The molecule has 0 bridgehead atoms. The minimum atomic E-state index is -4.75. The number of halogens is 6. The first-order valence-corrected chi connectivity index (χ1v) is 9.76. The third-order valence-electron chi connectivity index (χ3n) is 4.77. The Morgan fingerprint density at radius 3 is 2.52 bits per heavy atom. The molecule has 2 N–H and O–H groups in total. The molecule has 0 fully saturated rings. The molecular weight excluding hydrogens is 454 g/mol. The number of aromatic nitrogens is 2. The third-order valence-corrected chi connectivity index (χ3v) is 4.77. The molecule has 1 atom stereocenters. The lowest BCUT2D eigenvalue weighted by molar-refractivity contribution is -0.153. The summed E-state index contributed by atoms with van der Waals surface area (Å²) in [7, 11) is 0. The smallest absolute Gasteiger partial charge is 0.367 e. The van der Waals surface area contributed by atoms with Crippen molar-refractivity contribution in [3.05, 3.63) is 63.9 Å². The van der Waals surface area contributed by atoms with Crippen molar-refractivity contribution >= 4 is 22.8 Å². The fourth-order valence-corrected chi connectivity index (χ4v) is 3.15. The van der Waals surface area contributed by atoms with E-state index in [1.165, 1.54) is 19.1 Å². The normalized spacial score (nSPS) is 12.6. The molecule has 6 nitrogen and oxygen atoms in total. The number of fused-ring (bicyclic) bond motifs is 1. The molecule has 0 aliphatic carbocycles. The molecule has 176 valence electrons. The van der Waals surface area contributed by atoms with Crippen LogP contribution in [0.4, 0.5) is 32.2 Å². The topological polar surface area (TPSA) is 76.0 Å². The van der Waals surface area contributed by atoms with Crippen molar-refractivity contribution < 1.29 is 31.1 Å². The Bertz CT molecular complexity index is 1240. The summed E-state index contributed by atoms with van der Waals surface area (Å²) in [6.07, 6.45) is -4.39. The van der Waals surface area contributed by atoms with Crippen molar-refractivity contribution in [2.24, 2.45) is 0 Å². The molecule has 2 heterocycles. The number of alkyl halides is 4. The minimum Gasteiger partial charge on any atom is -0.367 e. The van der Waals surface area contributed by atoms with Crippen molar-refractivity contribution in [2.45, 2.75) is 25.6 Å². The maximum absolute atomic E-state index is 14.5. The van der Waals surface area contributed by atoms with Gasteiger partial charge in [0.2, 0.25) is 5.43 Å². The molecule has 33 heavy (non-hydrogen) atoms. The predicted molar refractivity (Wildman–Crippen MR) is 109 cm³/mol. The highest BCUT2D eigenvalue weighted by molar-refractivity contribution is 5.97. The Labute approximate surface area is 183 Å². The molecular formula is C21H18F6N4O2. The number of nitrogens with zero attached hydrogens (tertiary/aromatic N) is 2. The molecule has 3 aromatic rings. The van der Waals surface area contributed by atoms with E-state index in [1.807, 2.05) is 0 Å². The molecule has 0 radical (unpaired) electrons. The van der Waals surface area contributed by atoms with Gasteiger partial charge in [0.15, 0.2) is 5.65 Å². The second-order valence-electron chi connectivity index (χ2n) is 7.00. The maximum atomic E-state index is 14.5. The first-order valence-electron chi connectivity index (χ1n) is 9.76. The van der Waals surface area contributed by atoms with E-state index in [-0.39, 0.29) is 29.1 Å². The van der Waals surface area contributed by atoms with E-state index < -0.39 is 53.8 Å². The quantitative estimate of drug-likeness (QED) is 0.508. The molecule has 12 heteroatoms. The zero-order valence-corrected chi connectivity index (χ0v) is 17.1. The summed E-state index contributed by atoms with van der Waals surface area (Å²) in [6.45, 7) is 0.376. The van der Waals surface area contributed by atoms with Gasteiger partial charge < -0.3 is 10.6 Å². The molecule has 1 aromatic carbocycles. The van der Waals surface area contributed by atoms with Crippen LogP contribution in [0.1, 0.15) is 23.7 Å². The Kier molecular flexibility index (Phi) is 6.94. The van der Waals surface area contributed by atoms with Crippen molar-refractivity contribution in [2.75, 3.05) is 18.5 Å². The number of rotatable bonds is 7. The summed E-state index contributed by atoms with van der Waals surface area (Å²) < 4.78 is 80.7. The number of pyridine rings is 2. The second kappa shape index (κ2) is 9.51. The van der Waals surface area contributed by atoms with Gasteiger partial charge in [-0.15, -0.1) is 0 Å². The number of carbonyl (C=O) groups excluding carboxylic acids is 1. The Hall–Kier alpha value is -3.57. The van der Waals surface area contributed by atoms with Gasteiger partial charge in [0.25, 0.3) is 5.91 Å². The Morgan fingerprint density at radius 2 is 1.91 bits per heavy atom. The second-order valence-corrected chi connectivity index (χ2v) is 7.00. The van der Waals surface area contributed by atoms with Crippen molar-refractivity contribution in [3.63, 3.8) is 0 Å². The van der Waals surface area contributed by atoms with Gasteiger partial charge in [-0.3, -0.25) is 14.2 Å². The minimum absolute atomic E-state index is 0.107. The zero-order valence-electron chi connectivity index (χ0n) is 17.1. The first kappa shape index (κ1) is 24.1. The average molecular weight is 472 g/mol. The molecule has 2 aromatic heterocycles. The fourth-order valence-electron chi connectivity index (χ4n) is 3.15. The first-order chi connectivity index (χ1) is 15.6. The van der Waals surface area contributed by atoms with Gasteiger partial charge in [0, 0.05) is 18.8 Å². The third kappa shape index (κ3) is 5.10. The molecule has 0 spiro atoms. The van der Waals surface area contributed by atoms with E-state index in [9.17, 15) is 35.9 Å². The van der Waals surface area contributed by atoms with Crippen LogP contribution in [0.2, 0.25) is 0 Å². The molecule has 0 unspecified atom stereocenters. The number of amides is 1. The summed E-state index contributed by atoms with van der Waals surface area (Å²) in [5.41, 5.74) is -2.12. The number of benzene rings is 1. The van der Waals surface area contributed by atoms with Crippen LogP contribution in [-0.4, -0.2) is 40.9 Å². The lowest BCUT2D eigenvalue weighted by atomic mass is 10.1. The van der Waals surface area contributed by atoms with E-state index in [0.717, 1.165) is 22.9 Å². The van der Waals surface area contributed by atoms with Gasteiger partial charge in [0.05, 0.1) is 11.1 Å². The van der Waals surface area contributed by atoms with Gasteiger partial charge in [-0.25, -0.2) is 18.2 Å². The van der Waals surface area contributed by atoms with Crippen LogP contribution in [0.25, 0.3) is 16.7 Å².